The Morgan fingerprint density at radius 3 is 2.57 bits per heavy atom. The van der Waals surface area contributed by atoms with Gasteiger partial charge in [0, 0.05) is 18.6 Å². The van der Waals surface area contributed by atoms with Crippen LogP contribution in [0.4, 0.5) is 0 Å². The number of hydrogen-bond acceptors (Lipinski definition) is 2. The minimum atomic E-state index is 0.570. The van der Waals surface area contributed by atoms with Crippen LogP contribution in [-0.4, -0.2) is 24.5 Å². The van der Waals surface area contributed by atoms with Crippen molar-refractivity contribution in [2.75, 3.05) is 13.6 Å². The summed E-state index contributed by atoms with van der Waals surface area (Å²) >= 11 is 0. The van der Waals surface area contributed by atoms with Gasteiger partial charge < -0.3 is 5.73 Å². The molecule has 1 aromatic rings. The van der Waals surface area contributed by atoms with Crippen molar-refractivity contribution in [2.24, 2.45) is 5.73 Å². The molecule has 1 aromatic carbocycles. The lowest BCUT2D eigenvalue weighted by Gasteiger charge is -2.25. The predicted octanol–water partition coefficient (Wildman–Crippen LogP) is 1.78. The third-order valence-corrected chi connectivity index (χ3v) is 3.30. The van der Waals surface area contributed by atoms with Crippen LogP contribution in [0, 0.1) is 0 Å². The zero-order valence-corrected chi connectivity index (χ0v) is 8.69. The molecule has 1 aliphatic heterocycles. The van der Waals surface area contributed by atoms with Gasteiger partial charge >= 0.3 is 0 Å². The fourth-order valence-electron chi connectivity index (χ4n) is 2.37. The molecule has 14 heavy (non-hydrogen) atoms. The van der Waals surface area contributed by atoms with Gasteiger partial charge in [-0.15, -0.1) is 0 Å². The third kappa shape index (κ3) is 1.68. The van der Waals surface area contributed by atoms with E-state index in [1.54, 1.807) is 0 Å². The largest absolute Gasteiger partial charge is 0.329 e. The molecule has 1 aliphatic rings. The number of nitrogens with two attached hydrogens (primary N) is 1. The van der Waals surface area contributed by atoms with Crippen molar-refractivity contribution < 1.29 is 0 Å². The Labute approximate surface area is 85.7 Å². The van der Waals surface area contributed by atoms with Crippen molar-refractivity contribution in [3.8, 4) is 0 Å². The molecule has 2 N–H and O–H groups in total. The van der Waals surface area contributed by atoms with Crippen LogP contribution in [0.2, 0.25) is 0 Å². The summed E-state index contributed by atoms with van der Waals surface area (Å²) in [5.41, 5.74) is 7.15. The summed E-state index contributed by atoms with van der Waals surface area (Å²) in [5, 5.41) is 0. The first-order chi connectivity index (χ1) is 6.83. The van der Waals surface area contributed by atoms with Crippen LogP contribution in [0.3, 0.4) is 0 Å². The van der Waals surface area contributed by atoms with Crippen molar-refractivity contribution in [3.63, 3.8) is 0 Å². The van der Waals surface area contributed by atoms with Crippen LogP contribution in [0.15, 0.2) is 30.3 Å². The fraction of sp³-hybridized carbons (Fsp3) is 0.500. The van der Waals surface area contributed by atoms with Gasteiger partial charge in [0.1, 0.15) is 0 Å². The minimum Gasteiger partial charge on any atom is -0.329 e. The SMILES string of the molecule is CN1[C@H](CN)CC[C@@H]1c1ccccc1. The Balaban J connectivity index is 2.14. The molecule has 1 saturated heterocycles. The summed E-state index contributed by atoms with van der Waals surface area (Å²) in [7, 11) is 2.18. The lowest BCUT2D eigenvalue weighted by Crippen LogP contribution is -2.33. The van der Waals surface area contributed by atoms with Crippen LogP contribution in [0.25, 0.3) is 0 Å². The first-order valence-corrected chi connectivity index (χ1v) is 5.30. The van der Waals surface area contributed by atoms with Gasteiger partial charge in [0.15, 0.2) is 0 Å². The monoisotopic (exact) mass is 190 g/mol. The topological polar surface area (TPSA) is 29.3 Å². The van der Waals surface area contributed by atoms with Crippen LogP contribution in [-0.2, 0) is 0 Å². The molecule has 1 fully saturated rings. The zero-order valence-electron chi connectivity index (χ0n) is 8.69. The molecule has 2 nitrogen and oxygen atoms in total. The molecule has 0 bridgehead atoms. The first kappa shape index (κ1) is 9.69. The molecule has 0 radical (unpaired) electrons. The summed E-state index contributed by atoms with van der Waals surface area (Å²) in [6, 6.07) is 11.8. The average molecular weight is 190 g/mol. The number of hydrogen-bond donors (Lipinski definition) is 1. The molecule has 76 valence electrons. The van der Waals surface area contributed by atoms with E-state index >= 15 is 0 Å². The Hall–Kier alpha value is -0.860. The normalized spacial score (nSPS) is 28.1. The maximum atomic E-state index is 5.72. The van der Waals surface area contributed by atoms with Crippen LogP contribution >= 0.6 is 0 Å². The molecule has 0 unspecified atom stereocenters. The summed E-state index contributed by atoms with van der Waals surface area (Å²) in [5.74, 6) is 0. The second-order valence-corrected chi connectivity index (χ2v) is 4.06. The fourth-order valence-corrected chi connectivity index (χ4v) is 2.37. The van der Waals surface area contributed by atoms with E-state index in [0.717, 1.165) is 6.54 Å². The van der Waals surface area contributed by atoms with E-state index in [1.165, 1.54) is 18.4 Å². The maximum absolute atomic E-state index is 5.72. The molecule has 1 heterocycles. The number of likely N-dealkylation sites (N-methyl/N-ethyl adjacent to an activating group) is 1. The number of nitrogens with zero attached hydrogens (tertiary/aromatic N) is 1. The molecule has 2 atom stereocenters. The maximum Gasteiger partial charge on any atom is 0.0349 e. The molecule has 0 spiro atoms. The predicted molar refractivity (Wildman–Crippen MR) is 59.0 cm³/mol. The summed E-state index contributed by atoms with van der Waals surface area (Å²) in [6.07, 6.45) is 2.47. The van der Waals surface area contributed by atoms with Gasteiger partial charge in [-0.05, 0) is 25.5 Å². The number of rotatable bonds is 2. The van der Waals surface area contributed by atoms with Gasteiger partial charge in [-0.25, -0.2) is 0 Å². The van der Waals surface area contributed by atoms with E-state index in [1.807, 2.05) is 0 Å². The highest BCUT2D eigenvalue weighted by molar-refractivity contribution is 5.20. The highest BCUT2D eigenvalue weighted by Gasteiger charge is 2.29. The zero-order chi connectivity index (χ0) is 9.97. The molecule has 0 amide bonds. The molecule has 0 saturated carbocycles. The second kappa shape index (κ2) is 4.11. The van der Waals surface area contributed by atoms with Crippen LogP contribution in [0.1, 0.15) is 24.4 Å². The van der Waals surface area contributed by atoms with E-state index in [0.29, 0.717) is 12.1 Å². The quantitative estimate of drug-likeness (QED) is 0.770. The third-order valence-electron chi connectivity index (χ3n) is 3.30. The lowest BCUT2D eigenvalue weighted by atomic mass is 10.1. The number of likely N-dealkylation sites (tertiary alicyclic amines) is 1. The van der Waals surface area contributed by atoms with E-state index in [4.69, 9.17) is 5.73 Å². The standard InChI is InChI=1S/C12H18N2/c1-14-11(9-13)7-8-12(14)10-5-3-2-4-6-10/h2-6,11-12H,7-9,13H2,1H3/t11-,12+/m0/s1. The first-order valence-electron chi connectivity index (χ1n) is 5.30. The van der Waals surface area contributed by atoms with E-state index in [9.17, 15) is 0 Å². The minimum absolute atomic E-state index is 0.570. The highest BCUT2D eigenvalue weighted by Crippen LogP contribution is 2.33. The van der Waals surface area contributed by atoms with Gasteiger partial charge in [0.05, 0.1) is 0 Å². The molecule has 2 heteroatoms. The average Bonchev–Trinajstić information content (AvgIpc) is 2.61. The van der Waals surface area contributed by atoms with Crippen molar-refractivity contribution >= 4 is 0 Å². The van der Waals surface area contributed by atoms with Crippen LogP contribution < -0.4 is 5.73 Å². The highest BCUT2D eigenvalue weighted by atomic mass is 15.2. The van der Waals surface area contributed by atoms with Gasteiger partial charge in [-0.2, -0.15) is 0 Å². The number of benzene rings is 1. The van der Waals surface area contributed by atoms with Gasteiger partial charge in [-0.1, -0.05) is 30.3 Å². The van der Waals surface area contributed by atoms with E-state index in [2.05, 4.69) is 42.3 Å². The van der Waals surface area contributed by atoms with Gasteiger partial charge in [-0.3, -0.25) is 4.90 Å². The van der Waals surface area contributed by atoms with Crippen molar-refractivity contribution in [1.82, 2.24) is 4.90 Å². The summed E-state index contributed by atoms with van der Waals surface area (Å²) < 4.78 is 0. The molecule has 0 aliphatic carbocycles. The summed E-state index contributed by atoms with van der Waals surface area (Å²) in [4.78, 5) is 2.41. The Bertz CT molecular complexity index is 284. The molecular weight excluding hydrogens is 172 g/mol. The smallest absolute Gasteiger partial charge is 0.0349 e. The molecular formula is C12H18N2. The Morgan fingerprint density at radius 2 is 2.00 bits per heavy atom. The van der Waals surface area contributed by atoms with E-state index in [-0.39, 0.29) is 0 Å². The van der Waals surface area contributed by atoms with Crippen molar-refractivity contribution in [3.05, 3.63) is 35.9 Å². The Kier molecular flexibility index (Phi) is 2.85. The molecule has 0 aromatic heterocycles. The van der Waals surface area contributed by atoms with Gasteiger partial charge in [0.2, 0.25) is 0 Å². The second-order valence-electron chi connectivity index (χ2n) is 4.06. The van der Waals surface area contributed by atoms with Crippen LogP contribution in [0.5, 0.6) is 0 Å². The van der Waals surface area contributed by atoms with Gasteiger partial charge in [0.25, 0.3) is 0 Å². The molecule has 2 rings (SSSR count). The Morgan fingerprint density at radius 1 is 1.29 bits per heavy atom. The summed E-state index contributed by atoms with van der Waals surface area (Å²) in [6.45, 7) is 0.778. The lowest BCUT2D eigenvalue weighted by molar-refractivity contribution is 0.247. The van der Waals surface area contributed by atoms with Crippen molar-refractivity contribution in [2.45, 2.75) is 24.9 Å². The van der Waals surface area contributed by atoms with Crippen molar-refractivity contribution in [1.29, 1.82) is 0 Å². The van der Waals surface area contributed by atoms with E-state index < -0.39 is 0 Å².